The van der Waals surface area contributed by atoms with Crippen molar-refractivity contribution in [3.63, 3.8) is 0 Å². The average molecular weight is 312 g/mol. The summed E-state index contributed by atoms with van der Waals surface area (Å²) in [5.74, 6) is 0.857. The Bertz CT molecular complexity index is 597. The van der Waals surface area contributed by atoms with Crippen LogP contribution in [0.1, 0.15) is 12.0 Å². The van der Waals surface area contributed by atoms with E-state index in [1.807, 2.05) is 42.5 Å². The number of rotatable bonds is 8. The molecule has 0 aliphatic carbocycles. The van der Waals surface area contributed by atoms with E-state index in [-0.39, 0.29) is 5.91 Å². The summed E-state index contributed by atoms with van der Waals surface area (Å²) in [4.78, 5) is 14.1. The van der Waals surface area contributed by atoms with Gasteiger partial charge in [0.05, 0.1) is 13.5 Å². The van der Waals surface area contributed by atoms with Crippen LogP contribution in [0, 0.1) is 0 Å². The lowest BCUT2D eigenvalue weighted by Gasteiger charge is -2.19. The fourth-order valence-electron chi connectivity index (χ4n) is 2.35. The van der Waals surface area contributed by atoms with Gasteiger partial charge in [-0.1, -0.05) is 30.3 Å². The van der Waals surface area contributed by atoms with Crippen molar-refractivity contribution in [2.24, 2.45) is 0 Å². The molecule has 0 saturated heterocycles. The molecule has 0 spiro atoms. The molecule has 0 heterocycles. The van der Waals surface area contributed by atoms with Crippen LogP contribution in [-0.2, 0) is 11.2 Å². The van der Waals surface area contributed by atoms with E-state index >= 15 is 0 Å². The lowest BCUT2D eigenvalue weighted by molar-refractivity contribution is -0.120. The topological polar surface area (TPSA) is 41.6 Å². The third-order valence-corrected chi connectivity index (χ3v) is 3.71. The zero-order valence-electron chi connectivity index (χ0n) is 13.8. The molecule has 2 aromatic rings. The molecular formula is C19H24N2O2. The van der Waals surface area contributed by atoms with E-state index in [1.165, 1.54) is 5.69 Å². The van der Waals surface area contributed by atoms with Gasteiger partial charge in [-0.2, -0.15) is 0 Å². The Kier molecular flexibility index (Phi) is 6.48. The molecule has 0 bridgehead atoms. The molecule has 0 unspecified atom stereocenters. The van der Waals surface area contributed by atoms with Crippen molar-refractivity contribution >= 4 is 11.6 Å². The number of nitrogens with one attached hydrogen (secondary N) is 1. The van der Waals surface area contributed by atoms with Gasteiger partial charge in [0.1, 0.15) is 5.75 Å². The minimum Gasteiger partial charge on any atom is -0.497 e. The van der Waals surface area contributed by atoms with Crippen molar-refractivity contribution in [1.82, 2.24) is 5.32 Å². The first-order valence-electron chi connectivity index (χ1n) is 7.85. The van der Waals surface area contributed by atoms with E-state index in [1.54, 1.807) is 7.11 Å². The molecule has 0 aliphatic heterocycles. The summed E-state index contributed by atoms with van der Waals surface area (Å²) in [6.45, 7) is 1.60. The molecule has 0 aliphatic rings. The van der Waals surface area contributed by atoms with Crippen LogP contribution in [0.4, 0.5) is 5.69 Å². The summed E-state index contributed by atoms with van der Waals surface area (Å²) in [6.07, 6.45) is 1.32. The summed E-state index contributed by atoms with van der Waals surface area (Å²) < 4.78 is 5.11. The van der Waals surface area contributed by atoms with Crippen LogP contribution >= 0.6 is 0 Å². The third kappa shape index (κ3) is 5.66. The highest BCUT2D eigenvalue weighted by atomic mass is 16.5. The van der Waals surface area contributed by atoms with Crippen LogP contribution in [0.5, 0.6) is 5.75 Å². The quantitative estimate of drug-likeness (QED) is 0.762. The number of nitrogens with zero attached hydrogens (tertiary/aromatic N) is 1. The number of anilines is 1. The summed E-state index contributed by atoms with van der Waals surface area (Å²) in [7, 11) is 3.70. The van der Waals surface area contributed by atoms with Gasteiger partial charge in [0.25, 0.3) is 0 Å². The van der Waals surface area contributed by atoms with Crippen molar-refractivity contribution in [2.45, 2.75) is 12.8 Å². The van der Waals surface area contributed by atoms with Crippen LogP contribution in [0.25, 0.3) is 0 Å². The van der Waals surface area contributed by atoms with Gasteiger partial charge in [0.2, 0.25) is 5.91 Å². The molecule has 0 atom stereocenters. The highest BCUT2D eigenvalue weighted by Crippen LogP contribution is 2.12. The van der Waals surface area contributed by atoms with Gasteiger partial charge in [0.15, 0.2) is 0 Å². The largest absolute Gasteiger partial charge is 0.497 e. The second kappa shape index (κ2) is 8.83. The number of methoxy groups -OCH3 is 1. The number of carbonyl (C=O) groups is 1. The van der Waals surface area contributed by atoms with E-state index in [4.69, 9.17) is 4.74 Å². The van der Waals surface area contributed by atoms with E-state index in [0.717, 1.165) is 24.3 Å². The minimum absolute atomic E-state index is 0.0533. The van der Waals surface area contributed by atoms with Crippen molar-refractivity contribution in [1.29, 1.82) is 0 Å². The van der Waals surface area contributed by atoms with Crippen LogP contribution in [0.3, 0.4) is 0 Å². The van der Waals surface area contributed by atoms with E-state index in [9.17, 15) is 4.79 Å². The van der Waals surface area contributed by atoms with Crippen LogP contribution < -0.4 is 15.0 Å². The molecule has 2 rings (SSSR count). The average Bonchev–Trinajstić information content (AvgIpc) is 2.60. The third-order valence-electron chi connectivity index (χ3n) is 3.71. The molecule has 0 radical (unpaired) electrons. The van der Waals surface area contributed by atoms with Gasteiger partial charge >= 0.3 is 0 Å². The monoisotopic (exact) mass is 312 g/mol. The van der Waals surface area contributed by atoms with Crippen LogP contribution in [-0.4, -0.2) is 33.2 Å². The first-order chi connectivity index (χ1) is 11.2. The summed E-state index contributed by atoms with van der Waals surface area (Å²) in [5.41, 5.74) is 2.18. The summed E-state index contributed by atoms with van der Waals surface area (Å²) >= 11 is 0. The Morgan fingerprint density at radius 1 is 1.09 bits per heavy atom. The number of hydrogen-bond donors (Lipinski definition) is 1. The molecule has 0 fully saturated rings. The Morgan fingerprint density at radius 3 is 2.43 bits per heavy atom. The number of para-hydroxylation sites is 1. The van der Waals surface area contributed by atoms with Gasteiger partial charge in [0, 0.05) is 25.8 Å². The number of ether oxygens (including phenoxy) is 1. The predicted octanol–water partition coefficient (Wildman–Crippen LogP) is 2.88. The molecule has 0 saturated carbocycles. The number of amides is 1. The fourth-order valence-corrected chi connectivity index (χ4v) is 2.35. The first-order valence-corrected chi connectivity index (χ1v) is 7.85. The second-order valence-electron chi connectivity index (χ2n) is 5.49. The van der Waals surface area contributed by atoms with Crippen LogP contribution in [0.15, 0.2) is 54.6 Å². The maximum atomic E-state index is 11.9. The highest BCUT2D eigenvalue weighted by molar-refractivity contribution is 5.78. The minimum atomic E-state index is 0.0533. The molecular weight excluding hydrogens is 288 g/mol. The van der Waals surface area contributed by atoms with Gasteiger partial charge in [-0.05, 0) is 36.2 Å². The number of carbonyl (C=O) groups excluding carboxylic acids is 1. The van der Waals surface area contributed by atoms with Gasteiger partial charge < -0.3 is 15.0 Å². The highest BCUT2D eigenvalue weighted by Gasteiger charge is 2.04. The number of hydrogen-bond acceptors (Lipinski definition) is 3. The van der Waals surface area contributed by atoms with Gasteiger partial charge in [-0.3, -0.25) is 4.79 Å². The lowest BCUT2D eigenvalue weighted by Crippen LogP contribution is -2.29. The fraction of sp³-hybridized carbons (Fsp3) is 0.316. The molecule has 0 aromatic heterocycles. The van der Waals surface area contributed by atoms with E-state index in [0.29, 0.717) is 13.0 Å². The SMILES string of the molecule is COc1ccc(CC(=O)NCCCN(C)c2ccccc2)cc1. The summed E-state index contributed by atoms with van der Waals surface area (Å²) in [6, 6.07) is 17.8. The maximum absolute atomic E-state index is 11.9. The Balaban J connectivity index is 1.66. The Hall–Kier alpha value is -2.49. The van der Waals surface area contributed by atoms with Crippen LogP contribution in [0.2, 0.25) is 0 Å². The standard InChI is InChI=1S/C19H24N2O2/c1-21(17-7-4-3-5-8-17)14-6-13-20-19(22)15-16-9-11-18(23-2)12-10-16/h3-5,7-12H,6,13-15H2,1-2H3,(H,20,22). The Morgan fingerprint density at radius 2 is 1.78 bits per heavy atom. The summed E-state index contributed by atoms with van der Waals surface area (Å²) in [5, 5.41) is 2.97. The maximum Gasteiger partial charge on any atom is 0.224 e. The molecule has 1 N–H and O–H groups in total. The predicted molar refractivity (Wildman–Crippen MR) is 94.0 cm³/mol. The van der Waals surface area contributed by atoms with Crippen molar-refractivity contribution in [3.8, 4) is 5.75 Å². The molecule has 4 nitrogen and oxygen atoms in total. The van der Waals surface area contributed by atoms with Crippen molar-refractivity contribution in [3.05, 3.63) is 60.2 Å². The van der Waals surface area contributed by atoms with Gasteiger partial charge in [-0.15, -0.1) is 0 Å². The molecule has 23 heavy (non-hydrogen) atoms. The Labute approximate surface area is 138 Å². The lowest BCUT2D eigenvalue weighted by atomic mass is 10.1. The zero-order valence-corrected chi connectivity index (χ0v) is 13.8. The van der Waals surface area contributed by atoms with Crippen molar-refractivity contribution in [2.75, 3.05) is 32.1 Å². The smallest absolute Gasteiger partial charge is 0.224 e. The number of benzene rings is 2. The molecule has 122 valence electrons. The van der Waals surface area contributed by atoms with E-state index < -0.39 is 0 Å². The van der Waals surface area contributed by atoms with Gasteiger partial charge in [-0.25, -0.2) is 0 Å². The molecule has 4 heteroatoms. The zero-order chi connectivity index (χ0) is 16.5. The normalized spacial score (nSPS) is 10.2. The first kappa shape index (κ1) is 16.9. The second-order valence-corrected chi connectivity index (χ2v) is 5.49. The molecule has 1 amide bonds. The van der Waals surface area contributed by atoms with E-state index in [2.05, 4.69) is 29.4 Å². The van der Waals surface area contributed by atoms with Crippen molar-refractivity contribution < 1.29 is 9.53 Å². The molecule has 2 aromatic carbocycles.